The lowest BCUT2D eigenvalue weighted by atomic mass is 9.75. The van der Waals surface area contributed by atoms with E-state index in [0.717, 1.165) is 6.92 Å². The quantitative estimate of drug-likeness (QED) is 0.644. The second-order valence-electron chi connectivity index (χ2n) is 5.61. The summed E-state index contributed by atoms with van der Waals surface area (Å²) in [5.74, 6) is 0. The molecule has 4 N–H and O–H groups in total. The fraction of sp³-hybridized carbons (Fsp3) is 0.294. The lowest BCUT2D eigenvalue weighted by Gasteiger charge is -2.33. The third kappa shape index (κ3) is 3.29. The van der Waals surface area contributed by atoms with Crippen LogP contribution in [0.5, 0.6) is 0 Å². The van der Waals surface area contributed by atoms with Gasteiger partial charge < -0.3 is 20.4 Å². The fourth-order valence-electron chi connectivity index (χ4n) is 2.47. The standard InChI is InChI=1S/C17H17F3O4/c1-16(17(18,19)20,12-6-2-10(3-7-12)14(21)22)13-8-4-11(5-9-13)15(23)24/h2-9,14-15,21-24H,1H3. The first kappa shape index (κ1) is 18.4. The van der Waals surface area contributed by atoms with Crippen LogP contribution < -0.4 is 0 Å². The summed E-state index contributed by atoms with van der Waals surface area (Å²) in [5, 5.41) is 36.3. The Morgan fingerprint density at radius 2 is 0.958 bits per heavy atom. The Morgan fingerprint density at radius 1 is 0.667 bits per heavy atom. The van der Waals surface area contributed by atoms with Gasteiger partial charge in [0.25, 0.3) is 0 Å². The summed E-state index contributed by atoms with van der Waals surface area (Å²) in [6, 6.07) is 9.64. The van der Waals surface area contributed by atoms with Gasteiger partial charge >= 0.3 is 6.18 Å². The van der Waals surface area contributed by atoms with E-state index in [0.29, 0.717) is 0 Å². The summed E-state index contributed by atoms with van der Waals surface area (Å²) in [6.07, 6.45) is -8.14. The molecule has 0 amide bonds. The van der Waals surface area contributed by atoms with Gasteiger partial charge in [-0.15, -0.1) is 0 Å². The molecule has 0 atom stereocenters. The minimum Gasteiger partial charge on any atom is -0.364 e. The molecule has 130 valence electrons. The molecule has 0 saturated heterocycles. The monoisotopic (exact) mass is 342 g/mol. The Labute approximate surface area is 136 Å². The molecule has 0 aromatic heterocycles. The molecule has 0 radical (unpaired) electrons. The summed E-state index contributed by atoms with van der Waals surface area (Å²) in [6.45, 7) is 1.02. The van der Waals surface area contributed by atoms with Crippen LogP contribution in [0.15, 0.2) is 48.5 Å². The Bertz CT molecular complexity index is 625. The number of alkyl halides is 3. The van der Waals surface area contributed by atoms with Crippen LogP contribution in [0.1, 0.15) is 41.8 Å². The van der Waals surface area contributed by atoms with E-state index in [9.17, 15) is 13.2 Å². The Kier molecular flexibility index (Phi) is 5.00. The van der Waals surface area contributed by atoms with Gasteiger partial charge in [-0.2, -0.15) is 13.2 Å². The maximum atomic E-state index is 13.8. The Hall–Kier alpha value is -1.93. The zero-order chi connectivity index (χ0) is 18.1. The van der Waals surface area contributed by atoms with E-state index in [1.54, 1.807) is 0 Å². The highest BCUT2D eigenvalue weighted by Crippen LogP contribution is 2.46. The molecule has 4 nitrogen and oxygen atoms in total. The molecule has 0 spiro atoms. The highest BCUT2D eigenvalue weighted by Gasteiger charge is 2.53. The average Bonchev–Trinajstić information content (AvgIpc) is 2.53. The highest BCUT2D eigenvalue weighted by atomic mass is 19.4. The van der Waals surface area contributed by atoms with Crippen LogP contribution in [0.25, 0.3) is 0 Å². The molecule has 7 heteroatoms. The van der Waals surface area contributed by atoms with Crippen molar-refractivity contribution < 1.29 is 33.6 Å². The molecular weight excluding hydrogens is 325 g/mol. The highest BCUT2D eigenvalue weighted by molar-refractivity contribution is 5.42. The number of aliphatic hydroxyl groups excluding tert-OH is 2. The van der Waals surface area contributed by atoms with Crippen molar-refractivity contribution in [2.24, 2.45) is 0 Å². The van der Waals surface area contributed by atoms with Crippen molar-refractivity contribution in [3.8, 4) is 0 Å². The largest absolute Gasteiger partial charge is 0.402 e. The van der Waals surface area contributed by atoms with E-state index < -0.39 is 24.2 Å². The molecule has 0 heterocycles. The SMILES string of the molecule is CC(c1ccc(C(O)O)cc1)(c1ccc(C(O)O)cc1)C(F)(F)F. The molecule has 2 aromatic carbocycles. The molecule has 0 unspecified atom stereocenters. The van der Waals surface area contributed by atoms with Gasteiger partial charge in [0.1, 0.15) is 5.41 Å². The van der Waals surface area contributed by atoms with Gasteiger partial charge in [-0.3, -0.25) is 0 Å². The summed E-state index contributed by atoms with van der Waals surface area (Å²) in [4.78, 5) is 0. The maximum Gasteiger partial charge on any atom is 0.402 e. The van der Waals surface area contributed by atoms with E-state index in [4.69, 9.17) is 20.4 Å². The van der Waals surface area contributed by atoms with Crippen LogP contribution in [0.4, 0.5) is 13.2 Å². The number of rotatable bonds is 4. The number of benzene rings is 2. The van der Waals surface area contributed by atoms with E-state index >= 15 is 0 Å². The second-order valence-corrected chi connectivity index (χ2v) is 5.61. The first-order chi connectivity index (χ1) is 11.1. The van der Waals surface area contributed by atoms with Crippen molar-refractivity contribution in [2.75, 3.05) is 0 Å². The molecule has 0 bridgehead atoms. The Morgan fingerprint density at radius 3 is 1.17 bits per heavy atom. The van der Waals surface area contributed by atoms with Crippen molar-refractivity contribution in [3.63, 3.8) is 0 Å². The number of aliphatic hydroxyl groups is 4. The van der Waals surface area contributed by atoms with Crippen LogP contribution >= 0.6 is 0 Å². The van der Waals surface area contributed by atoms with Crippen LogP contribution in [0, 0.1) is 0 Å². The normalized spacial score (nSPS) is 12.9. The third-order valence-corrected chi connectivity index (χ3v) is 4.14. The summed E-state index contributed by atoms with van der Waals surface area (Å²) < 4.78 is 41.4. The van der Waals surface area contributed by atoms with Gasteiger partial charge in [0.05, 0.1) is 0 Å². The summed E-state index contributed by atoms with van der Waals surface area (Å²) >= 11 is 0. The smallest absolute Gasteiger partial charge is 0.364 e. The van der Waals surface area contributed by atoms with Crippen LogP contribution in [-0.2, 0) is 5.41 Å². The summed E-state index contributed by atoms with van der Waals surface area (Å²) in [7, 11) is 0. The topological polar surface area (TPSA) is 80.9 Å². The zero-order valence-electron chi connectivity index (χ0n) is 12.7. The lowest BCUT2D eigenvalue weighted by Crippen LogP contribution is -2.40. The third-order valence-electron chi connectivity index (χ3n) is 4.14. The molecule has 2 aromatic rings. The molecule has 0 aliphatic rings. The predicted molar refractivity (Wildman–Crippen MR) is 79.8 cm³/mol. The molecule has 24 heavy (non-hydrogen) atoms. The van der Waals surface area contributed by atoms with Gasteiger partial charge in [0, 0.05) is 11.1 Å². The van der Waals surface area contributed by atoms with Crippen molar-refractivity contribution in [3.05, 3.63) is 70.8 Å². The van der Waals surface area contributed by atoms with Crippen LogP contribution in [0.2, 0.25) is 0 Å². The van der Waals surface area contributed by atoms with E-state index in [1.165, 1.54) is 48.5 Å². The molecular formula is C17H17F3O4. The van der Waals surface area contributed by atoms with Crippen LogP contribution in [-0.4, -0.2) is 26.6 Å². The van der Waals surface area contributed by atoms with Crippen molar-refractivity contribution in [2.45, 2.75) is 31.1 Å². The number of halogens is 3. The molecule has 0 aliphatic carbocycles. The molecule has 0 saturated carbocycles. The Balaban J connectivity index is 2.54. The predicted octanol–water partition coefficient (Wildman–Crippen LogP) is 2.52. The van der Waals surface area contributed by atoms with E-state index in [-0.39, 0.29) is 22.3 Å². The number of hydrogen-bond donors (Lipinski definition) is 4. The van der Waals surface area contributed by atoms with Crippen LogP contribution in [0.3, 0.4) is 0 Å². The first-order valence-electron chi connectivity index (χ1n) is 7.07. The average molecular weight is 342 g/mol. The lowest BCUT2D eigenvalue weighted by molar-refractivity contribution is -0.173. The summed E-state index contributed by atoms with van der Waals surface area (Å²) in [5.41, 5.74) is -2.32. The number of hydrogen-bond acceptors (Lipinski definition) is 4. The van der Waals surface area contributed by atoms with Crippen molar-refractivity contribution >= 4 is 0 Å². The maximum absolute atomic E-state index is 13.8. The van der Waals surface area contributed by atoms with E-state index in [2.05, 4.69) is 0 Å². The van der Waals surface area contributed by atoms with Crippen molar-refractivity contribution in [1.82, 2.24) is 0 Å². The van der Waals surface area contributed by atoms with Gasteiger partial charge in [0.2, 0.25) is 0 Å². The van der Waals surface area contributed by atoms with Crippen molar-refractivity contribution in [1.29, 1.82) is 0 Å². The zero-order valence-corrected chi connectivity index (χ0v) is 12.7. The molecule has 0 fully saturated rings. The molecule has 2 rings (SSSR count). The fourth-order valence-corrected chi connectivity index (χ4v) is 2.47. The van der Waals surface area contributed by atoms with Gasteiger partial charge in [-0.1, -0.05) is 48.5 Å². The minimum atomic E-state index is -4.62. The van der Waals surface area contributed by atoms with Gasteiger partial charge in [0.15, 0.2) is 12.6 Å². The minimum absolute atomic E-state index is 0.0725. The van der Waals surface area contributed by atoms with Gasteiger partial charge in [-0.05, 0) is 18.1 Å². The first-order valence-corrected chi connectivity index (χ1v) is 7.07. The molecule has 0 aliphatic heterocycles. The van der Waals surface area contributed by atoms with Gasteiger partial charge in [-0.25, -0.2) is 0 Å². The second kappa shape index (κ2) is 6.52. The van der Waals surface area contributed by atoms with E-state index in [1.807, 2.05) is 0 Å².